The lowest BCUT2D eigenvalue weighted by molar-refractivity contribution is 0.775. The highest BCUT2D eigenvalue weighted by Crippen LogP contribution is 2.42. The number of benzene rings is 4. The van der Waals surface area contributed by atoms with Gasteiger partial charge >= 0.3 is 0 Å². The number of rotatable bonds is 5. The van der Waals surface area contributed by atoms with E-state index in [0.717, 1.165) is 12.8 Å². The lowest BCUT2D eigenvalue weighted by Crippen LogP contribution is -1.91. The summed E-state index contributed by atoms with van der Waals surface area (Å²) in [6.45, 7) is 4.69. The number of hydrogen-bond donors (Lipinski definition) is 0. The Bertz CT molecular complexity index is 1320. The molecule has 4 aromatic rings. The maximum Gasteiger partial charge on any atom is -0.00576 e. The molecule has 4 aromatic carbocycles. The van der Waals surface area contributed by atoms with Crippen molar-refractivity contribution in [3.63, 3.8) is 0 Å². The van der Waals surface area contributed by atoms with Crippen LogP contribution in [0.1, 0.15) is 61.8 Å². The Balaban J connectivity index is 1.22. The Morgan fingerprint density at radius 3 is 1.44 bits per heavy atom. The summed E-state index contributed by atoms with van der Waals surface area (Å²) in [5.74, 6) is 0. The van der Waals surface area contributed by atoms with E-state index < -0.39 is 0 Å². The minimum atomic E-state index is 1.12. The predicted molar refractivity (Wildman–Crippen MR) is 139 cm³/mol. The van der Waals surface area contributed by atoms with Gasteiger partial charge in [0.1, 0.15) is 0 Å². The molecule has 0 aliphatic heterocycles. The first-order valence-corrected chi connectivity index (χ1v) is 12.1. The summed E-state index contributed by atoms with van der Waals surface area (Å²) in [5.41, 5.74) is 12.5. The molecule has 0 spiro atoms. The van der Waals surface area contributed by atoms with Crippen LogP contribution in [0.2, 0.25) is 0 Å². The predicted octanol–water partition coefficient (Wildman–Crippen LogP) is 8.91. The van der Waals surface area contributed by atoms with Crippen LogP contribution in [-0.2, 0) is 12.8 Å². The fourth-order valence-electron chi connectivity index (χ4n) is 6.13. The Labute approximate surface area is 191 Å². The summed E-state index contributed by atoms with van der Waals surface area (Å²) < 4.78 is 0. The second-order valence-corrected chi connectivity index (χ2v) is 9.72. The van der Waals surface area contributed by atoms with E-state index in [1.807, 2.05) is 0 Å². The lowest BCUT2D eigenvalue weighted by atomic mass is 9.92. The zero-order valence-electron chi connectivity index (χ0n) is 19.2. The summed E-state index contributed by atoms with van der Waals surface area (Å²) >= 11 is 0. The normalized spacial score (nSPS) is 15.2. The summed E-state index contributed by atoms with van der Waals surface area (Å²) in [7, 11) is 0. The van der Waals surface area contributed by atoms with Gasteiger partial charge in [0.05, 0.1) is 0 Å². The van der Waals surface area contributed by atoms with Gasteiger partial charge in [0.2, 0.25) is 0 Å². The molecule has 2 aliphatic rings. The van der Waals surface area contributed by atoms with Gasteiger partial charge in [-0.05, 0) is 107 Å². The smallest absolute Gasteiger partial charge is 0.00576 e. The van der Waals surface area contributed by atoms with Crippen LogP contribution in [0.4, 0.5) is 0 Å². The van der Waals surface area contributed by atoms with E-state index >= 15 is 0 Å². The van der Waals surface area contributed by atoms with Gasteiger partial charge in [-0.15, -0.1) is 0 Å². The van der Waals surface area contributed by atoms with Crippen LogP contribution < -0.4 is 0 Å². The van der Waals surface area contributed by atoms with Crippen LogP contribution >= 0.6 is 0 Å². The van der Waals surface area contributed by atoms with E-state index in [4.69, 9.17) is 0 Å². The molecule has 0 N–H and O–H groups in total. The molecule has 0 radical (unpaired) electrons. The SMILES string of the molecule is CC1=C(CCCCC2=C(C)Cc3ccc4ccccc4c32)c2c(ccc3ccccc23)C1. The van der Waals surface area contributed by atoms with Gasteiger partial charge in [-0.2, -0.15) is 0 Å². The van der Waals surface area contributed by atoms with Crippen LogP contribution in [0.15, 0.2) is 83.9 Å². The van der Waals surface area contributed by atoms with Gasteiger partial charge < -0.3 is 0 Å². The van der Waals surface area contributed by atoms with Crippen LogP contribution in [0.25, 0.3) is 32.7 Å². The fraction of sp³-hybridized carbons (Fsp3) is 0.250. The van der Waals surface area contributed by atoms with Crippen LogP contribution in [0.5, 0.6) is 0 Å². The van der Waals surface area contributed by atoms with E-state index in [0.29, 0.717) is 0 Å². The largest absolute Gasteiger partial charge is 0.0651 e. The molecule has 32 heavy (non-hydrogen) atoms. The molecule has 0 atom stereocenters. The molecule has 0 aromatic heterocycles. The van der Waals surface area contributed by atoms with Gasteiger partial charge in [-0.25, -0.2) is 0 Å². The molecule has 158 valence electrons. The van der Waals surface area contributed by atoms with Crippen LogP contribution in [0.3, 0.4) is 0 Å². The van der Waals surface area contributed by atoms with Crippen molar-refractivity contribution in [2.45, 2.75) is 52.4 Å². The molecule has 0 amide bonds. The highest BCUT2D eigenvalue weighted by Gasteiger charge is 2.23. The molecular weight excluding hydrogens is 384 g/mol. The maximum atomic E-state index is 2.35. The molecular formula is C32H30. The number of allylic oxidation sites excluding steroid dienone is 4. The molecule has 0 heteroatoms. The van der Waals surface area contributed by atoms with Crippen molar-refractivity contribution >= 4 is 32.7 Å². The lowest BCUT2D eigenvalue weighted by Gasteiger charge is -2.13. The molecule has 0 saturated heterocycles. The molecule has 0 saturated carbocycles. The van der Waals surface area contributed by atoms with E-state index in [1.165, 1.54) is 69.5 Å². The molecule has 0 bridgehead atoms. The third-order valence-corrected chi connectivity index (χ3v) is 7.68. The Morgan fingerprint density at radius 2 is 0.969 bits per heavy atom. The molecule has 2 aliphatic carbocycles. The summed E-state index contributed by atoms with van der Waals surface area (Å²) in [6.07, 6.45) is 7.15. The number of unbranched alkanes of at least 4 members (excludes halogenated alkanes) is 1. The number of hydrogen-bond acceptors (Lipinski definition) is 0. The van der Waals surface area contributed by atoms with Gasteiger partial charge in [0.15, 0.2) is 0 Å². The average molecular weight is 415 g/mol. The quantitative estimate of drug-likeness (QED) is 0.286. The van der Waals surface area contributed by atoms with E-state index in [-0.39, 0.29) is 0 Å². The van der Waals surface area contributed by atoms with Crippen molar-refractivity contribution in [3.8, 4) is 0 Å². The van der Waals surface area contributed by atoms with Crippen molar-refractivity contribution < 1.29 is 0 Å². The average Bonchev–Trinajstić information content (AvgIpc) is 3.32. The van der Waals surface area contributed by atoms with Crippen molar-refractivity contribution in [1.82, 2.24) is 0 Å². The third-order valence-electron chi connectivity index (χ3n) is 7.68. The fourth-order valence-corrected chi connectivity index (χ4v) is 6.13. The van der Waals surface area contributed by atoms with E-state index in [2.05, 4.69) is 86.6 Å². The first kappa shape index (κ1) is 19.6. The first-order valence-electron chi connectivity index (χ1n) is 12.1. The third kappa shape index (κ3) is 3.13. The van der Waals surface area contributed by atoms with Gasteiger partial charge in [-0.1, -0.05) is 83.9 Å². The van der Waals surface area contributed by atoms with Crippen LogP contribution in [-0.4, -0.2) is 0 Å². The zero-order chi connectivity index (χ0) is 21.7. The topological polar surface area (TPSA) is 0 Å². The minimum absolute atomic E-state index is 1.12. The minimum Gasteiger partial charge on any atom is -0.0651 e. The van der Waals surface area contributed by atoms with Crippen molar-refractivity contribution in [2.24, 2.45) is 0 Å². The van der Waals surface area contributed by atoms with Gasteiger partial charge in [0.25, 0.3) is 0 Å². The van der Waals surface area contributed by atoms with Crippen molar-refractivity contribution in [3.05, 3.63) is 106 Å². The maximum absolute atomic E-state index is 2.35. The van der Waals surface area contributed by atoms with Gasteiger partial charge in [0, 0.05) is 0 Å². The van der Waals surface area contributed by atoms with Crippen molar-refractivity contribution in [2.75, 3.05) is 0 Å². The Hall–Kier alpha value is -3.12. The second kappa shape index (κ2) is 7.78. The monoisotopic (exact) mass is 414 g/mol. The molecule has 0 fully saturated rings. The first-order chi connectivity index (χ1) is 15.7. The van der Waals surface area contributed by atoms with Gasteiger partial charge in [-0.3, -0.25) is 0 Å². The molecule has 0 nitrogen and oxygen atoms in total. The molecule has 6 rings (SSSR count). The Morgan fingerprint density at radius 1 is 0.531 bits per heavy atom. The summed E-state index contributed by atoms with van der Waals surface area (Å²) in [6, 6.07) is 27.1. The van der Waals surface area contributed by atoms with E-state index in [9.17, 15) is 0 Å². The highest BCUT2D eigenvalue weighted by atomic mass is 14.3. The summed E-state index contributed by atoms with van der Waals surface area (Å²) in [5, 5.41) is 5.61. The molecule has 0 heterocycles. The number of fused-ring (bicyclic) bond motifs is 6. The standard InChI is InChI=1S/C32H30/c1-21-19-25-17-15-23-9-3-5-13-29(23)31(25)27(21)11-7-8-12-28-22(2)20-26-18-16-24-10-4-6-14-30(24)32(26)28/h3-6,9-10,13-18H,7-8,11-12,19-20H2,1-2H3. The van der Waals surface area contributed by atoms with E-state index in [1.54, 1.807) is 22.3 Å². The van der Waals surface area contributed by atoms with Crippen molar-refractivity contribution in [1.29, 1.82) is 0 Å². The Kier molecular flexibility index (Phi) is 4.76. The zero-order valence-corrected chi connectivity index (χ0v) is 19.2. The van der Waals surface area contributed by atoms with Crippen LogP contribution in [0, 0.1) is 0 Å². The summed E-state index contributed by atoms with van der Waals surface area (Å²) in [4.78, 5) is 0. The highest BCUT2D eigenvalue weighted by molar-refractivity contribution is 5.99. The second-order valence-electron chi connectivity index (χ2n) is 9.72. The molecule has 0 unspecified atom stereocenters.